The number of ether oxygens (including phenoxy) is 1. The summed E-state index contributed by atoms with van der Waals surface area (Å²) in [6.45, 7) is 3.78. The SMILES string of the molecule is COC(=O)c1cc(Cl)cc(C)c1C. The van der Waals surface area contributed by atoms with Gasteiger partial charge in [0.25, 0.3) is 0 Å². The zero-order valence-electron chi connectivity index (χ0n) is 7.85. The van der Waals surface area contributed by atoms with E-state index in [1.165, 1.54) is 7.11 Å². The molecule has 0 saturated heterocycles. The minimum atomic E-state index is -0.344. The van der Waals surface area contributed by atoms with Gasteiger partial charge in [0.15, 0.2) is 0 Å². The summed E-state index contributed by atoms with van der Waals surface area (Å²) in [4.78, 5) is 11.3. The molecule has 0 bridgehead atoms. The maximum atomic E-state index is 11.3. The van der Waals surface area contributed by atoms with Crippen molar-refractivity contribution < 1.29 is 9.53 Å². The Morgan fingerprint density at radius 2 is 2.00 bits per heavy atom. The van der Waals surface area contributed by atoms with Crippen molar-refractivity contribution in [2.45, 2.75) is 13.8 Å². The summed E-state index contributed by atoms with van der Waals surface area (Å²) in [6, 6.07) is 3.44. The number of esters is 1. The molecule has 2 nitrogen and oxygen atoms in total. The average Bonchev–Trinajstić information content (AvgIpc) is 2.10. The van der Waals surface area contributed by atoms with Gasteiger partial charge < -0.3 is 4.74 Å². The van der Waals surface area contributed by atoms with E-state index in [-0.39, 0.29) is 5.97 Å². The molecule has 1 aromatic carbocycles. The van der Waals surface area contributed by atoms with Gasteiger partial charge in [-0.05, 0) is 37.1 Å². The van der Waals surface area contributed by atoms with Crippen molar-refractivity contribution in [1.29, 1.82) is 0 Å². The van der Waals surface area contributed by atoms with Gasteiger partial charge in [0.2, 0.25) is 0 Å². The summed E-state index contributed by atoms with van der Waals surface area (Å²) in [7, 11) is 1.36. The van der Waals surface area contributed by atoms with Crippen LogP contribution in [-0.2, 0) is 4.74 Å². The van der Waals surface area contributed by atoms with Crippen molar-refractivity contribution in [3.8, 4) is 0 Å². The van der Waals surface area contributed by atoms with E-state index in [0.717, 1.165) is 11.1 Å². The van der Waals surface area contributed by atoms with E-state index in [1.807, 2.05) is 19.9 Å². The van der Waals surface area contributed by atoms with Gasteiger partial charge in [-0.1, -0.05) is 11.6 Å². The predicted molar refractivity (Wildman–Crippen MR) is 52.3 cm³/mol. The monoisotopic (exact) mass is 198 g/mol. The average molecular weight is 199 g/mol. The fourth-order valence-corrected chi connectivity index (χ4v) is 1.41. The molecule has 1 rings (SSSR count). The summed E-state index contributed by atoms with van der Waals surface area (Å²) >= 11 is 5.82. The minimum Gasteiger partial charge on any atom is -0.465 e. The fraction of sp³-hybridized carbons (Fsp3) is 0.300. The molecule has 0 spiro atoms. The standard InChI is InChI=1S/C10H11ClO2/c1-6-4-8(11)5-9(7(6)2)10(12)13-3/h4-5H,1-3H3. The Balaban J connectivity index is 3.28. The van der Waals surface area contributed by atoms with E-state index in [2.05, 4.69) is 4.74 Å². The summed E-state index contributed by atoms with van der Waals surface area (Å²) in [5.41, 5.74) is 2.44. The molecule has 0 fully saturated rings. The van der Waals surface area contributed by atoms with Crippen LogP contribution in [0.15, 0.2) is 12.1 Å². The molecule has 0 aliphatic rings. The van der Waals surface area contributed by atoms with Gasteiger partial charge in [-0.2, -0.15) is 0 Å². The predicted octanol–water partition coefficient (Wildman–Crippen LogP) is 2.74. The van der Waals surface area contributed by atoms with Crippen LogP contribution in [0, 0.1) is 13.8 Å². The zero-order valence-corrected chi connectivity index (χ0v) is 8.61. The second kappa shape index (κ2) is 3.79. The van der Waals surface area contributed by atoms with Crippen molar-refractivity contribution >= 4 is 17.6 Å². The third-order valence-corrected chi connectivity index (χ3v) is 2.26. The molecule has 70 valence electrons. The van der Waals surface area contributed by atoms with Crippen LogP contribution in [0.4, 0.5) is 0 Å². The first-order valence-corrected chi connectivity index (χ1v) is 4.29. The van der Waals surface area contributed by atoms with Crippen molar-refractivity contribution in [2.24, 2.45) is 0 Å². The normalized spacial score (nSPS) is 9.85. The summed E-state index contributed by atoms with van der Waals surface area (Å²) in [5.74, 6) is -0.344. The highest BCUT2D eigenvalue weighted by Gasteiger charge is 2.11. The van der Waals surface area contributed by atoms with Crippen LogP contribution in [0.5, 0.6) is 0 Å². The van der Waals surface area contributed by atoms with Crippen molar-refractivity contribution in [3.63, 3.8) is 0 Å². The van der Waals surface area contributed by atoms with Crippen LogP contribution in [0.3, 0.4) is 0 Å². The first kappa shape index (κ1) is 10.1. The summed E-state index contributed by atoms with van der Waals surface area (Å²) in [6.07, 6.45) is 0. The number of carbonyl (C=O) groups is 1. The highest BCUT2D eigenvalue weighted by molar-refractivity contribution is 6.31. The number of carbonyl (C=O) groups excluding carboxylic acids is 1. The van der Waals surface area contributed by atoms with Gasteiger partial charge in [0.1, 0.15) is 0 Å². The summed E-state index contributed by atoms with van der Waals surface area (Å²) < 4.78 is 4.63. The third-order valence-electron chi connectivity index (χ3n) is 2.04. The van der Waals surface area contributed by atoms with Gasteiger partial charge in [-0.3, -0.25) is 0 Å². The highest BCUT2D eigenvalue weighted by Crippen LogP contribution is 2.20. The van der Waals surface area contributed by atoms with E-state index in [4.69, 9.17) is 11.6 Å². The lowest BCUT2D eigenvalue weighted by Gasteiger charge is -2.07. The lowest BCUT2D eigenvalue weighted by Crippen LogP contribution is -2.04. The number of aryl methyl sites for hydroxylation is 1. The number of halogens is 1. The molecule has 0 aromatic heterocycles. The van der Waals surface area contributed by atoms with Crippen molar-refractivity contribution in [3.05, 3.63) is 33.8 Å². The molecular formula is C10H11ClO2. The zero-order chi connectivity index (χ0) is 10.0. The van der Waals surface area contributed by atoms with Gasteiger partial charge in [0.05, 0.1) is 12.7 Å². The van der Waals surface area contributed by atoms with Gasteiger partial charge in [0, 0.05) is 5.02 Å². The Bertz CT molecular complexity index is 345. The molecule has 0 aliphatic carbocycles. The molecule has 13 heavy (non-hydrogen) atoms. The largest absolute Gasteiger partial charge is 0.465 e. The highest BCUT2D eigenvalue weighted by atomic mass is 35.5. The van der Waals surface area contributed by atoms with Crippen molar-refractivity contribution in [2.75, 3.05) is 7.11 Å². The van der Waals surface area contributed by atoms with Crippen LogP contribution in [-0.4, -0.2) is 13.1 Å². The van der Waals surface area contributed by atoms with E-state index in [0.29, 0.717) is 10.6 Å². The van der Waals surface area contributed by atoms with E-state index >= 15 is 0 Å². The van der Waals surface area contributed by atoms with Crippen LogP contribution in [0.25, 0.3) is 0 Å². The first-order chi connectivity index (χ1) is 6.06. The second-order valence-electron chi connectivity index (χ2n) is 2.89. The maximum Gasteiger partial charge on any atom is 0.338 e. The first-order valence-electron chi connectivity index (χ1n) is 3.91. The molecular weight excluding hydrogens is 188 g/mol. The Kier molecular flexibility index (Phi) is 2.94. The topological polar surface area (TPSA) is 26.3 Å². The number of benzene rings is 1. The van der Waals surface area contributed by atoms with E-state index < -0.39 is 0 Å². The molecule has 0 atom stereocenters. The molecule has 0 amide bonds. The molecule has 0 heterocycles. The lowest BCUT2D eigenvalue weighted by atomic mass is 10.0. The van der Waals surface area contributed by atoms with E-state index in [1.54, 1.807) is 6.07 Å². The smallest absolute Gasteiger partial charge is 0.338 e. The third kappa shape index (κ3) is 2.01. The molecule has 0 radical (unpaired) electrons. The second-order valence-corrected chi connectivity index (χ2v) is 3.32. The maximum absolute atomic E-state index is 11.3. The minimum absolute atomic E-state index is 0.344. The van der Waals surface area contributed by atoms with Crippen LogP contribution in [0.1, 0.15) is 21.5 Å². The van der Waals surface area contributed by atoms with E-state index in [9.17, 15) is 4.79 Å². The van der Waals surface area contributed by atoms with Gasteiger partial charge >= 0.3 is 5.97 Å². The van der Waals surface area contributed by atoms with Gasteiger partial charge in [-0.25, -0.2) is 4.79 Å². The molecule has 3 heteroatoms. The fourth-order valence-electron chi connectivity index (χ4n) is 1.14. The van der Waals surface area contributed by atoms with Crippen LogP contribution < -0.4 is 0 Å². The lowest BCUT2D eigenvalue weighted by molar-refractivity contribution is 0.0600. The Hall–Kier alpha value is -1.02. The Labute approximate surface area is 82.5 Å². The molecule has 0 unspecified atom stereocenters. The number of rotatable bonds is 1. The van der Waals surface area contributed by atoms with Crippen molar-refractivity contribution in [1.82, 2.24) is 0 Å². The molecule has 0 saturated carbocycles. The van der Waals surface area contributed by atoms with Crippen LogP contribution >= 0.6 is 11.6 Å². The summed E-state index contributed by atoms with van der Waals surface area (Å²) in [5, 5.41) is 0.559. The molecule has 0 N–H and O–H groups in total. The Morgan fingerprint density at radius 1 is 1.38 bits per heavy atom. The Morgan fingerprint density at radius 3 is 2.54 bits per heavy atom. The molecule has 1 aromatic rings. The number of hydrogen-bond acceptors (Lipinski definition) is 2. The number of hydrogen-bond donors (Lipinski definition) is 0. The number of methoxy groups -OCH3 is 1. The van der Waals surface area contributed by atoms with Gasteiger partial charge in [-0.15, -0.1) is 0 Å². The molecule has 0 aliphatic heterocycles. The quantitative estimate of drug-likeness (QED) is 0.649. The van der Waals surface area contributed by atoms with Crippen LogP contribution in [0.2, 0.25) is 5.02 Å².